The molecule has 2 rings (SSSR count). The minimum absolute atomic E-state index is 0.0473. The molecule has 1 aromatic carbocycles. The van der Waals surface area contributed by atoms with Gasteiger partial charge in [-0.1, -0.05) is 27.2 Å². The van der Waals surface area contributed by atoms with Gasteiger partial charge >= 0.3 is 0 Å². The number of hydrogen-bond donors (Lipinski definition) is 3. The molecular formula is C19H25NO4. The van der Waals surface area contributed by atoms with Crippen molar-refractivity contribution in [3.63, 3.8) is 0 Å². The molecule has 0 radical (unpaired) electrons. The van der Waals surface area contributed by atoms with Gasteiger partial charge in [-0.2, -0.15) is 0 Å². The number of unbranched alkanes of at least 4 members (excludes halogenated alkanes) is 1. The van der Waals surface area contributed by atoms with Crippen molar-refractivity contribution >= 4 is 17.3 Å². The number of carbonyl (C=O) groups excluding carboxylic acids is 2. The highest BCUT2D eigenvalue weighted by molar-refractivity contribution is 6.35. The topological polar surface area (TPSA) is 86.6 Å². The Morgan fingerprint density at radius 1 is 1.08 bits per heavy atom. The first kappa shape index (κ1) is 18.0. The minimum atomic E-state index is -0.379. The van der Waals surface area contributed by atoms with Crippen molar-refractivity contribution in [3.05, 3.63) is 28.8 Å². The van der Waals surface area contributed by atoms with E-state index in [1.54, 1.807) is 0 Å². The van der Waals surface area contributed by atoms with Crippen LogP contribution < -0.4 is 5.32 Å². The fourth-order valence-corrected chi connectivity index (χ4v) is 3.19. The smallest absolute Gasteiger partial charge is 0.255 e. The van der Waals surface area contributed by atoms with E-state index in [1.807, 2.05) is 20.8 Å². The molecule has 0 heterocycles. The van der Waals surface area contributed by atoms with Crippen molar-refractivity contribution in [2.24, 2.45) is 5.92 Å². The summed E-state index contributed by atoms with van der Waals surface area (Å²) >= 11 is 0. The lowest BCUT2D eigenvalue weighted by molar-refractivity contribution is -0.117. The Hall–Kier alpha value is -2.30. The summed E-state index contributed by atoms with van der Waals surface area (Å²) in [6, 6.07) is 2.64. The predicted molar refractivity (Wildman–Crippen MR) is 93.0 cm³/mol. The van der Waals surface area contributed by atoms with Crippen LogP contribution in [0.3, 0.4) is 0 Å². The fraction of sp³-hybridized carbons (Fsp3) is 0.474. The first-order chi connectivity index (χ1) is 11.5. The number of phenols is 2. The van der Waals surface area contributed by atoms with E-state index in [-0.39, 0.29) is 40.2 Å². The quantitative estimate of drug-likeness (QED) is 0.406. The number of ketones is 1. The lowest BCUT2D eigenvalue weighted by atomic mass is 9.87. The van der Waals surface area contributed by atoms with Gasteiger partial charge in [0.05, 0.1) is 5.57 Å². The van der Waals surface area contributed by atoms with Crippen LogP contribution in [0.15, 0.2) is 17.7 Å². The molecule has 1 amide bonds. The second-order valence-electron chi connectivity index (χ2n) is 6.13. The maximum Gasteiger partial charge on any atom is 0.255 e. The van der Waals surface area contributed by atoms with Crippen LogP contribution >= 0.6 is 0 Å². The summed E-state index contributed by atoms with van der Waals surface area (Å²) in [7, 11) is 0. The van der Waals surface area contributed by atoms with Gasteiger partial charge in [-0.15, -0.1) is 0 Å². The number of benzene rings is 1. The van der Waals surface area contributed by atoms with Crippen LogP contribution in [0, 0.1) is 5.92 Å². The highest BCUT2D eigenvalue weighted by Crippen LogP contribution is 2.44. The minimum Gasteiger partial charge on any atom is -0.504 e. The van der Waals surface area contributed by atoms with Crippen molar-refractivity contribution in [1.29, 1.82) is 0 Å². The molecule has 0 saturated heterocycles. The number of phenolic OH excluding ortho intramolecular Hbond substituents is 2. The molecule has 24 heavy (non-hydrogen) atoms. The first-order valence-electron chi connectivity index (χ1n) is 8.59. The zero-order valence-corrected chi connectivity index (χ0v) is 14.5. The van der Waals surface area contributed by atoms with E-state index in [0.29, 0.717) is 17.7 Å². The third-order valence-corrected chi connectivity index (χ3v) is 4.58. The van der Waals surface area contributed by atoms with E-state index in [4.69, 9.17) is 0 Å². The van der Waals surface area contributed by atoms with Gasteiger partial charge in [0.1, 0.15) is 0 Å². The lowest BCUT2D eigenvalue weighted by Gasteiger charge is -2.17. The Morgan fingerprint density at radius 3 is 2.21 bits per heavy atom. The Labute approximate surface area is 142 Å². The second kappa shape index (κ2) is 7.51. The van der Waals surface area contributed by atoms with Gasteiger partial charge in [-0.05, 0) is 48.4 Å². The standard InChI is InChI=1S/C19H25NO4/c1-4-7-8-20-19(24)17-16(11(5-2)6-3)12-9-14(21)15(22)10-13(12)18(17)23/h9-11,21-22H,4-8H2,1-3H3,(H,20,24). The van der Waals surface area contributed by atoms with Gasteiger partial charge in [0.2, 0.25) is 0 Å². The monoisotopic (exact) mass is 331 g/mol. The van der Waals surface area contributed by atoms with Crippen LogP contribution in [0.1, 0.15) is 62.4 Å². The molecule has 3 N–H and O–H groups in total. The zero-order valence-electron chi connectivity index (χ0n) is 14.5. The number of allylic oxidation sites excluding steroid dienone is 1. The maximum atomic E-state index is 12.8. The van der Waals surface area contributed by atoms with E-state index in [0.717, 1.165) is 25.7 Å². The predicted octanol–water partition coefficient (Wildman–Crippen LogP) is 3.40. The van der Waals surface area contributed by atoms with Crippen molar-refractivity contribution in [1.82, 2.24) is 5.32 Å². The van der Waals surface area contributed by atoms with Gasteiger partial charge in [-0.25, -0.2) is 0 Å². The molecule has 0 bridgehead atoms. The number of carbonyl (C=O) groups is 2. The summed E-state index contributed by atoms with van der Waals surface area (Å²) in [5.74, 6) is -1.33. The third kappa shape index (κ3) is 3.16. The van der Waals surface area contributed by atoms with Crippen molar-refractivity contribution in [3.8, 4) is 11.5 Å². The van der Waals surface area contributed by atoms with E-state index in [2.05, 4.69) is 5.32 Å². The van der Waals surface area contributed by atoms with Gasteiger partial charge in [-0.3, -0.25) is 9.59 Å². The summed E-state index contributed by atoms with van der Waals surface area (Å²) in [4.78, 5) is 25.4. The highest BCUT2D eigenvalue weighted by atomic mass is 16.3. The molecule has 0 saturated carbocycles. The molecule has 0 fully saturated rings. The largest absolute Gasteiger partial charge is 0.504 e. The van der Waals surface area contributed by atoms with E-state index in [9.17, 15) is 19.8 Å². The van der Waals surface area contributed by atoms with Gasteiger partial charge in [0.25, 0.3) is 5.91 Å². The molecule has 0 unspecified atom stereocenters. The molecule has 0 atom stereocenters. The molecule has 5 heteroatoms. The number of hydrogen-bond acceptors (Lipinski definition) is 4. The zero-order chi connectivity index (χ0) is 17.9. The average Bonchev–Trinajstić information content (AvgIpc) is 2.82. The summed E-state index contributed by atoms with van der Waals surface area (Å²) < 4.78 is 0. The van der Waals surface area contributed by atoms with Crippen LogP contribution in [-0.4, -0.2) is 28.4 Å². The molecule has 0 aliphatic heterocycles. The van der Waals surface area contributed by atoms with E-state index in [1.165, 1.54) is 12.1 Å². The number of aromatic hydroxyl groups is 2. The van der Waals surface area contributed by atoms with Crippen molar-refractivity contribution in [2.45, 2.75) is 46.5 Å². The van der Waals surface area contributed by atoms with Gasteiger partial charge < -0.3 is 15.5 Å². The van der Waals surface area contributed by atoms with Crippen LogP contribution in [0.25, 0.3) is 5.57 Å². The number of fused-ring (bicyclic) bond motifs is 1. The molecule has 1 aliphatic rings. The van der Waals surface area contributed by atoms with Crippen LogP contribution in [-0.2, 0) is 4.79 Å². The first-order valence-corrected chi connectivity index (χ1v) is 8.59. The summed E-state index contributed by atoms with van der Waals surface area (Å²) in [6.45, 7) is 6.57. The van der Waals surface area contributed by atoms with Gasteiger partial charge in [0.15, 0.2) is 17.3 Å². The maximum absolute atomic E-state index is 12.8. The Bertz CT molecular complexity index is 687. The molecule has 1 aliphatic carbocycles. The second-order valence-corrected chi connectivity index (χ2v) is 6.13. The molecule has 0 aromatic heterocycles. The fourth-order valence-electron chi connectivity index (χ4n) is 3.19. The summed E-state index contributed by atoms with van der Waals surface area (Å²) in [5.41, 5.74) is 1.68. The number of Topliss-reactive ketones (excluding diaryl/α,β-unsaturated/α-hetero) is 1. The third-order valence-electron chi connectivity index (χ3n) is 4.58. The Balaban J connectivity index is 2.53. The number of amides is 1. The van der Waals surface area contributed by atoms with E-state index < -0.39 is 0 Å². The SMILES string of the molecule is CCCCNC(=O)C1=C(C(CC)CC)c2cc(O)c(O)cc2C1=O. The Morgan fingerprint density at radius 2 is 1.67 bits per heavy atom. The average molecular weight is 331 g/mol. The molecule has 1 aromatic rings. The summed E-state index contributed by atoms with van der Waals surface area (Å²) in [5, 5.41) is 22.4. The molecule has 0 spiro atoms. The van der Waals surface area contributed by atoms with Crippen LogP contribution in [0.4, 0.5) is 0 Å². The normalized spacial score (nSPS) is 13.6. The van der Waals surface area contributed by atoms with Crippen LogP contribution in [0.5, 0.6) is 11.5 Å². The molecular weight excluding hydrogens is 306 g/mol. The molecule has 130 valence electrons. The van der Waals surface area contributed by atoms with Gasteiger partial charge in [0, 0.05) is 12.1 Å². The van der Waals surface area contributed by atoms with E-state index >= 15 is 0 Å². The number of rotatable bonds is 7. The van der Waals surface area contributed by atoms with Crippen LogP contribution in [0.2, 0.25) is 0 Å². The Kier molecular flexibility index (Phi) is 5.65. The van der Waals surface area contributed by atoms with Crippen molar-refractivity contribution in [2.75, 3.05) is 6.54 Å². The number of nitrogens with one attached hydrogen (secondary N) is 1. The molecule has 5 nitrogen and oxygen atoms in total. The summed E-state index contributed by atoms with van der Waals surface area (Å²) in [6.07, 6.45) is 3.37. The lowest BCUT2D eigenvalue weighted by Crippen LogP contribution is -2.29. The highest BCUT2D eigenvalue weighted by Gasteiger charge is 2.37. The van der Waals surface area contributed by atoms with Crippen molar-refractivity contribution < 1.29 is 19.8 Å².